The number of nitrogens with zero attached hydrogens (tertiary/aromatic N) is 1. The number of nitrogens with one attached hydrogen (secondary N) is 3. The van der Waals surface area contributed by atoms with Crippen LogP contribution in [-0.4, -0.2) is 85.8 Å². The van der Waals surface area contributed by atoms with E-state index in [0.717, 1.165) is 11.8 Å². The zero-order valence-electron chi connectivity index (χ0n) is 28.1. The molecule has 2 heterocycles. The van der Waals surface area contributed by atoms with Crippen molar-refractivity contribution < 1.29 is 38.1 Å². The molecule has 5 N–H and O–H groups in total. The number of aromatic amines is 1. The highest BCUT2D eigenvalue weighted by Gasteiger charge is 2.34. The molecular weight excluding hydrogens is 606 g/mol. The summed E-state index contributed by atoms with van der Waals surface area (Å²) >= 11 is 0. The predicted octanol–water partition coefficient (Wildman–Crippen LogP) is 2.97. The first-order valence-electron chi connectivity index (χ1n) is 15.5. The van der Waals surface area contributed by atoms with Gasteiger partial charge in [-0.3, -0.25) is 14.4 Å². The van der Waals surface area contributed by atoms with E-state index in [9.17, 15) is 19.2 Å². The van der Waals surface area contributed by atoms with Crippen molar-refractivity contribution in [1.82, 2.24) is 20.6 Å². The number of ether oxygens (including phenoxy) is 4. The predicted molar refractivity (Wildman–Crippen MR) is 175 cm³/mol. The largest absolute Gasteiger partial charge is 0.439 e. The maximum atomic E-state index is 13.9. The summed E-state index contributed by atoms with van der Waals surface area (Å²) < 4.78 is 22.9. The molecule has 1 aliphatic heterocycles. The number of methoxy groups -OCH3 is 3. The Balaban J connectivity index is 2.05. The third-order valence-electron chi connectivity index (χ3n) is 8.28. The van der Waals surface area contributed by atoms with Gasteiger partial charge in [-0.05, 0) is 38.2 Å². The van der Waals surface area contributed by atoms with Crippen molar-refractivity contribution in [2.45, 2.75) is 71.4 Å². The quantitative estimate of drug-likeness (QED) is 0.240. The zero-order chi connectivity index (χ0) is 34.7. The first kappa shape index (κ1) is 37.1. The highest BCUT2D eigenvalue weighted by Crippen LogP contribution is 2.29. The number of hydrogen-bond acceptors (Lipinski definition) is 10. The first-order chi connectivity index (χ1) is 22.4. The van der Waals surface area contributed by atoms with Crippen LogP contribution in [-0.2, 0) is 39.8 Å². The number of H-pyrrole nitrogens is 1. The van der Waals surface area contributed by atoms with E-state index in [1.54, 1.807) is 45.8 Å². The first-order valence-corrected chi connectivity index (χ1v) is 15.5. The van der Waals surface area contributed by atoms with E-state index in [-0.39, 0.29) is 40.8 Å². The van der Waals surface area contributed by atoms with Gasteiger partial charge in [0.2, 0.25) is 11.6 Å². The summed E-state index contributed by atoms with van der Waals surface area (Å²) in [7, 11) is 4.65. The van der Waals surface area contributed by atoms with E-state index in [1.165, 1.54) is 13.2 Å². The Kier molecular flexibility index (Phi) is 13.9. The fraction of sp³-hybridized carbons (Fsp3) is 0.500. The van der Waals surface area contributed by atoms with Gasteiger partial charge >= 0.3 is 6.09 Å². The molecule has 1 unspecified atom stereocenters. The second-order valence-corrected chi connectivity index (χ2v) is 11.9. The minimum absolute atomic E-state index is 0.104. The number of nitrogens with two attached hydrogens (primary N) is 1. The minimum Gasteiger partial charge on any atom is -0.439 e. The standard InChI is InChI=1S/C34H47N5O8/c1-19-13-24-29(37-12-11-23-17-36-18-38-23)26(40)16-25(30(24)41)39-33(42)20(2)9-8-10-27(44-5)32(47-34(35)43)22(4)15-21(3)31(46-7)28(14-19)45-6/h8-10,15-19,21,27-28,31-32,37H,11-14H2,1-7H3,(H2,35,43)(H,36,38)(H,39,42)/b10-8-,20-9+,22-15+/t19-,21+,27?,28+,31-,32+/m1/s1. The SMILES string of the molecule is COC1/C=C\C=C(/C)C(=O)NC2=CC(=O)C(NCCc3cnc[nH]3)=C(C[C@@H](C)C[C@H](OC)[C@H](OC)[C@@H](C)/C=C(\C)[C@@H]1OC(N)=O)C2=O. The molecule has 2 bridgehead atoms. The molecule has 6 atom stereocenters. The molecule has 0 aromatic carbocycles. The van der Waals surface area contributed by atoms with Crippen molar-refractivity contribution in [1.29, 1.82) is 0 Å². The van der Waals surface area contributed by atoms with Crippen LogP contribution in [0.4, 0.5) is 4.79 Å². The van der Waals surface area contributed by atoms with E-state index in [4.69, 9.17) is 24.7 Å². The number of primary amides is 1. The summed E-state index contributed by atoms with van der Waals surface area (Å²) in [5.41, 5.74) is 7.61. The number of amides is 2. The number of fused-ring (bicyclic) bond motifs is 2. The molecule has 13 heteroatoms. The van der Waals surface area contributed by atoms with Gasteiger partial charge in [0, 0.05) is 69.3 Å². The number of allylic oxidation sites excluding steroid dienone is 4. The lowest BCUT2D eigenvalue weighted by molar-refractivity contribution is -0.120. The highest BCUT2D eigenvalue weighted by atomic mass is 16.6. The van der Waals surface area contributed by atoms with E-state index in [2.05, 4.69) is 20.6 Å². The molecular formula is C34H47N5O8. The Bertz CT molecular complexity index is 1440. The molecule has 0 saturated carbocycles. The molecule has 0 fully saturated rings. The number of aromatic nitrogens is 2. The van der Waals surface area contributed by atoms with Gasteiger partial charge in [-0.25, -0.2) is 9.78 Å². The molecule has 1 aliphatic carbocycles. The van der Waals surface area contributed by atoms with Crippen LogP contribution < -0.4 is 16.4 Å². The molecule has 1 aromatic rings. The molecule has 2 amide bonds. The Morgan fingerprint density at radius 2 is 1.85 bits per heavy atom. The number of carbonyl (C=O) groups excluding carboxylic acids is 4. The molecule has 13 nitrogen and oxygen atoms in total. The maximum absolute atomic E-state index is 13.9. The number of Topliss-reactive ketones (excluding diaryl/α,β-unsaturated/α-hetero) is 1. The molecule has 47 heavy (non-hydrogen) atoms. The van der Waals surface area contributed by atoms with Crippen LogP contribution >= 0.6 is 0 Å². The number of hydrogen-bond donors (Lipinski definition) is 4. The van der Waals surface area contributed by atoms with Gasteiger partial charge in [-0.15, -0.1) is 0 Å². The molecule has 0 radical (unpaired) electrons. The van der Waals surface area contributed by atoms with Crippen LogP contribution in [0.25, 0.3) is 0 Å². The van der Waals surface area contributed by atoms with Crippen LogP contribution in [0.15, 0.2) is 71.0 Å². The second kappa shape index (κ2) is 17.5. The monoisotopic (exact) mass is 653 g/mol. The third-order valence-corrected chi connectivity index (χ3v) is 8.28. The zero-order valence-corrected chi connectivity index (χ0v) is 28.1. The molecule has 0 spiro atoms. The van der Waals surface area contributed by atoms with Crippen LogP contribution in [0.3, 0.4) is 0 Å². The number of carbonyl (C=O) groups is 4. The smallest absolute Gasteiger partial charge is 0.405 e. The molecule has 2 aliphatic rings. The van der Waals surface area contributed by atoms with E-state index in [1.807, 2.05) is 26.8 Å². The van der Waals surface area contributed by atoms with Gasteiger partial charge in [0.15, 0.2) is 6.10 Å². The summed E-state index contributed by atoms with van der Waals surface area (Å²) in [4.78, 5) is 59.3. The molecule has 1 aromatic heterocycles. The topological polar surface area (TPSA) is 184 Å². The fourth-order valence-corrected chi connectivity index (χ4v) is 5.87. The Morgan fingerprint density at radius 3 is 2.47 bits per heavy atom. The lowest BCUT2D eigenvalue weighted by Gasteiger charge is -2.32. The van der Waals surface area contributed by atoms with Crippen LogP contribution in [0, 0.1) is 11.8 Å². The average molecular weight is 654 g/mol. The van der Waals surface area contributed by atoms with Crippen LogP contribution in [0.5, 0.6) is 0 Å². The lowest BCUT2D eigenvalue weighted by atomic mass is 9.85. The summed E-state index contributed by atoms with van der Waals surface area (Å²) in [6, 6.07) is 0. The summed E-state index contributed by atoms with van der Waals surface area (Å²) in [6.45, 7) is 7.69. The van der Waals surface area contributed by atoms with Crippen LogP contribution in [0.2, 0.25) is 0 Å². The summed E-state index contributed by atoms with van der Waals surface area (Å²) in [6.07, 6.45) is 8.97. The highest BCUT2D eigenvalue weighted by molar-refractivity contribution is 6.23. The molecule has 0 saturated heterocycles. The van der Waals surface area contributed by atoms with Crippen molar-refractivity contribution in [2.24, 2.45) is 17.6 Å². The van der Waals surface area contributed by atoms with Gasteiger partial charge in [-0.2, -0.15) is 0 Å². The number of rotatable bonds is 8. The summed E-state index contributed by atoms with van der Waals surface area (Å²) in [5, 5.41) is 5.78. The van der Waals surface area contributed by atoms with Gasteiger partial charge in [0.25, 0.3) is 5.91 Å². The normalized spacial score (nSPS) is 29.6. The van der Waals surface area contributed by atoms with Gasteiger partial charge in [0.05, 0.1) is 29.9 Å². The number of ketones is 2. The van der Waals surface area contributed by atoms with E-state index < -0.39 is 48.0 Å². The Hall–Kier alpha value is -4.33. The van der Waals surface area contributed by atoms with Crippen molar-refractivity contribution >= 4 is 23.6 Å². The fourth-order valence-electron chi connectivity index (χ4n) is 5.87. The van der Waals surface area contributed by atoms with Crippen molar-refractivity contribution in [3.05, 3.63) is 76.7 Å². The summed E-state index contributed by atoms with van der Waals surface area (Å²) in [5.74, 6) is -1.76. The maximum Gasteiger partial charge on any atom is 0.405 e. The van der Waals surface area contributed by atoms with Gasteiger partial charge in [0.1, 0.15) is 6.10 Å². The third kappa shape index (κ3) is 10.1. The van der Waals surface area contributed by atoms with Crippen LogP contribution in [0.1, 0.15) is 46.2 Å². The van der Waals surface area contributed by atoms with E-state index in [0.29, 0.717) is 25.0 Å². The van der Waals surface area contributed by atoms with Crippen molar-refractivity contribution in [3.8, 4) is 0 Å². The number of imidazole rings is 1. The average Bonchev–Trinajstić information content (AvgIpc) is 3.54. The Labute approximate surface area is 275 Å². The second-order valence-electron chi connectivity index (χ2n) is 11.9. The molecule has 3 rings (SSSR count). The Morgan fingerprint density at radius 1 is 1.11 bits per heavy atom. The van der Waals surface area contributed by atoms with E-state index >= 15 is 0 Å². The minimum atomic E-state index is -0.967. The lowest BCUT2D eigenvalue weighted by Crippen LogP contribution is -2.38. The van der Waals surface area contributed by atoms with Gasteiger partial charge < -0.3 is 40.3 Å². The van der Waals surface area contributed by atoms with Gasteiger partial charge in [-0.1, -0.05) is 38.2 Å². The van der Waals surface area contributed by atoms with Crippen molar-refractivity contribution in [3.63, 3.8) is 0 Å². The van der Waals surface area contributed by atoms with Crippen molar-refractivity contribution in [2.75, 3.05) is 27.9 Å². The molecule has 256 valence electrons.